The zero-order valence-corrected chi connectivity index (χ0v) is 10.7. The SMILES string of the molecule is N#CC1(CC2CCC3(CCCCC3)O2)CCC1. The summed E-state index contributed by atoms with van der Waals surface area (Å²) in [5.41, 5.74) is 0.216. The molecule has 17 heavy (non-hydrogen) atoms. The monoisotopic (exact) mass is 233 g/mol. The maximum atomic E-state index is 9.29. The van der Waals surface area contributed by atoms with E-state index in [0.29, 0.717) is 6.10 Å². The molecule has 0 aromatic heterocycles. The van der Waals surface area contributed by atoms with E-state index in [1.165, 1.54) is 51.4 Å². The number of hydrogen-bond acceptors (Lipinski definition) is 2. The van der Waals surface area contributed by atoms with Crippen molar-refractivity contribution in [3.63, 3.8) is 0 Å². The Bertz CT molecular complexity index is 320. The van der Waals surface area contributed by atoms with Crippen molar-refractivity contribution in [2.45, 2.75) is 82.3 Å². The molecule has 2 aliphatic carbocycles. The van der Waals surface area contributed by atoms with Crippen LogP contribution in [0.2, 0.25) is 0 Å². The molecule has 1 heterocycles. The van der Waals surface area contributed by atoms with Gasteiger partial charge in [-0.25, -0.2) is 0 Å². The van der Waals surface area contributed by atoms with Gasteiger partial charge in [-0.1, -0.05) is 25.7 Å². The fraction of sp³-hybridized carbons (Fsp3) is 0.933. The third-order valence-corrected chi connectivity index (χ3v) is 5.27. The van der Waals surface area contributed by atoms with Crippen LogP contribution < -0.4 is 0 Å². The van der Waals surface area contributed by atoms with Crippen LogP contribution in [0.15, 0.2) is 0 Å². The fourth-order valence-corrected chi connectivity index (χ4v) is 4.00. The van der Waals surface area contributed by atoms with Gasteiger partial charge >= 0.3 is 0 Å². The predicted molar refractivity (Wildman–Crippen MR) is 66.4 cm³/mol. The van der Waals surface area contributed by atoms with Crippen LogP contribution in [0.4, 0.5) is 0 Å². The van der Waals surface area contributed by atoms with Crippen molar-refractivity contribution in [2.24, 2.45) is 5.41 Å². The molecular formula is C15H23NO. The molecule has 1 aliphatic heterocycles. The van der Waals surface area contributed by atoms with E-state index in [1.54, 1.807) is 0 Å². The lowest BCUT2D eigenvalue weighted by molar-refractivity contribution is -0.0783. The Hall–Kier alpha value is -0.550. The Morgan fingerprint density at radius 3 is 2.35 bits per heavy atom. The third-order valence-electron chi connectivity index (χ3n) is 5.27. The summed E-state index contributed by atoms with van der Waals surface area (Å²) in [6, 6.07) is 2.55. The van der Waals surface area contributed by atoms with E-state index in [0.717, 1.165) is 19.3 Å². The highest BCUT2D eigenvalue weighted by Crippen LogP contribution is 2.49. The largest absolute Gasteiger partial charge is 0.372 e. The lowest BCUT2D eigenvalue weighted by Crippen LogP contribution is -2.35. The van der Waals surface area contributed by atoms with Gasteiger partial charge in [-0.3, -0.25) is 0 Å². The Morgan fingerprint density at radius 2 is 1.76 bits per heavy atom. The van der Waals surface area contributed by atoms with Gasteiger partial charge in [0.15, 0.2) is 0 Å². The second-order valence-corrected chi connectivity index (χ2v) is 6.47. The lowest BCUT2D eigenvalue weighted by Gasteiger charge is -2.38. The van der Waals surface area contributed by atoms with Crippen molar-refractivity contribution in [1.82, 2.24) is 0 Å². The van der Waals surface area contributed by atoms with E-state index in [2.05, 4.69) is 6.07 Å². The predicted octanol–water partition coefficient (Wildman–Crippen LogP) is 3.95. The molecule has 3 rings (SSSR count). The second kappa shape index (κ2) is 4.28. The Kier molecular flexibility index (Phi) is 2.91. The Labute approximate surface area is 104 Å². The summed E-state index contributed by atoms with van der Waals surface area (Å²) < 4.78 is 6.37. The molecule has 2 saturated carbocycles. The van der Waals surface area contributed by atoms with Gasteiger partial charge in [-0.05, 0) is 44.9 Å². The average molecular weight is 233 g/mol. The van der Waals surface area contributed by atoms with Gasteiger partial charge in [-0.2, -0.15) is 5.26 Å². The van der Waals surface area contributed by atoms with Crippen LogP contribution in [-0.4, -0.2) is 11.7 Å². The van der Waals surface area contributed by atoms with Crippen molar-refractivity contribution in [1.29, 1.82) is 5.26 Å². The van der Waals surface area contributed by atoms with Crippen LogP contribution in [0.1, 0.15) is 70.6 Å². The van der Waals surface area contributed by atoms with Crippen molar-refractivity contribution < 1.29 is 4.74 Å². The first kappa shape index (κ1) is 11.5. The molecule has 2 nitrogen and oxygen atoms in total. The first-order valence-electron chi connectivity index (χ1n) is 7.35. The number of hydrogen-bond donors (Lipinski definition) is 0. The van der Waals surface area contributed by atoms with E-state index in [9.17, 15) is 5.26 Å². The molecule has 94 valence electrons. The summed E-state index contributed by atoms with van der Waals surface area (Å²) in [4.78, 5) is 0. The summed E-state index contributed by atoms with van der Waals surface area (Å²) in [6.45, 7) is 0. The Morgan fingerprint density at radius 1 is 1.00 bits per heavy atom. The zero-order chi connectivity index (χ0) is 11.8. The van der Waals surface area contributed by atoms with Gasteiger partial charge in [0.2, 0.25) is 0 Å². The first-order valence-corrected chi connectivity index (χ1v) is 7.35. The molecule has 1 spiro atoms. The van der Waals surface area contributed by atoms with Gasteiger partial charge < -0.3 is 4.74 Å². The normalized spacial score (nSPS) is 34.2. The molecule has 0 amide bonds. The second-order valence-electron chi connectivity index (χ2n) is 6.47. The van der Waals surface area contributed by atoms with Crippen molar-refractivity contribution in [2.75, 3.05) is 0 Å². The van der Waals surface area contributed by atoms with Gasteiger partial charge in [-0.15, -0.1) is 0 Å². The molecule has 1 unspecified atom stereocenters. The minimum absolute atomic E-state index is 0.00906. The fourth-order valence-electron chi connectivity index (χ4n) is 4.00. The summed E-state index contributed by atoms with van der Waals surface area (Å²) in [5.74, 6) is 0. The maximum absolute atomic E-state index is 9.29. The third kappa shape index (κ3) is 2.10. The van der Waals surface area contributed by atoms with Crippen molar-refractivity contribution in [3.8, 4) is 6.07 Å². The van der Waals surface area contributed by atoms with Crippen LogP contribution in [0.25, 0.3) is 0 Å². The van der Waals surface area contributed by atoms with E-state index < -0.39 is 0 Å². The molecular weight excluding hydrogens is 210 g/mol. The quantitative estimate of drug-likeness (QED) is 0.723. The summed E-state index contributed by atoms with van der Waals surface area (Å²) in [6.07, 6.45) is 13.9. The minimum atomic E-state index is -0.00906. The number of nitrogens with zero attached hydrogens (tertiary/aromatic N) is 1. The topological polar surface area (TPSA) is 33.0 Å². The highest BCUT2D eigenvalue weighted by Gasteiger charge is 2.46. The van der Waals surface area contributed by atoms with Crippen molar-refractivity contribution >= 4 is 0 Å². The summed E-state index contributed by atoms with van der Waals surface area (Å²) >= 11 is 0. The minimum Gasteiger partial charge on any atom is -0.372 e. The summed E-state index contributed by atoms with van der Waals surface area (Å²) in [7, 11) is 0. The van der Waals surface area contributed by atoms with Gasteiger partial charge in [0.05, 0.1) is 23.2 Å². The molecule has 0 aromatic rings. The Balaban J connectivity index is 1.58. The van der Waals surface area contributed by atoms with Crippen LogP contribution in [-0.2, 0) is 4.74 Å². The highest BCUT2D eigenvalue weighted by molar-refractivity contribution is 5.06. The smallest absolute Gasteiger partial charge is 0.0690 e. The molecule has 0 N–H and O–H groups in total. The van der Waals surface area contributed by atoms with Crippen LogP contribution in [0.5, 0.6) is 0 Å². The van der Waals surface area contributed by atoms with Gasteiger partial charge in [0.1, 0.15) is 0 Å². The maximum Gasteiger partial charge on any atom is 0.0690 e. The van der Waals surface area contributed by atoms with Gasteiger partial charge in [0, 0.05) is 0 Å². The first-order chi connectivity index (χ1) is 8.26. The van der Waals surface area contributed by atoms with Crippen LogP contribution in [0, 0.1) is 16.7 Å². The van der Waals surface area contributed by atoms with Crippen molar-refractivity contribution in [3.05, 3.63) is 0 Å². The van der Waals surface area contributed by atoms with E-state index in [1.807, 2.05) is 0 Å². The van der Waals surface area contributed by atoms with Crippen LogP contribution >= 0.6 is 0 Å². The lowest BCUT2D eigenvalue weighted by atomic mass is 9.66. The van der Waals surface area contributed by atoms with Crippen LogP contribution in [0.3, 0.4) is 0 Å². The highest BCUT2D eigenvalue weighted by atomic mass is 16.5. The molecule has 0 aromatic carbocycles. The van der Waals surface area contributed by atoms with Gasteiger partial charge in [0.25, 0.3) is 0 Å². The van der Waals surface area contributed by atoms with E-state index in [4.69, 9.17) is 4.74 Å². The van der Waals surface area contributed by atoms with E-state index in [-0.39, 0.29) is 11.0 Å². The molecule has 3 aliphatic rings. The molecule has 2 heteroatoms. The van der Waals surface area contributed by atoms with E-state index >= 15 is 0 Å². The molecule has 0 bridgehead atoms. The molecule has 1 atom stereocenters. The molecule has 1 saturated heterocycles. The summed E-state index contributed by atoms with van der Waals surface area (Å²) in [5, 5.41) is 9.29. The number of nitriles is 1. The zero-order valence-electron chi connectivity index (χ0n) is 10.7. The number of ether oxygens (including phenoxy) is 1. The standard InChI is InChI=1S/C15H23NO/c16-12-14(6-4-7-14)11-13-5-10-15(17-13)8-2-1-3-9-15/h13H,1-11H2. The average Bonchev–Trinajstić information content (AvgIpc) is 2.68. The molecule has 0 radical (unpaired) electrons. The molecule has 3 fully saturated rings. The number of rotatable bonds is 2.